The summed E-state index contributed by atoms with van der Waals surface area (Å²) in [4.78, 5) is 22.4. The van der Waals surface area contributed by atoms with Gasteiger partial charge in [-0.05, 0) is 46.6 Å². The topological polar surface area (TPSA) is 63.1 Å². The van der Waals surface area contributed by atoms with Crippen molar-refractivity contribution < 1.29 is 0 Å². The highest BCUT2D eigenvalue weighted by Crippen LogP contribution is 2.31. The van der Waals surface area contributed by atoms with E-state index in [0.717, 1.165) is 32.2 Å². The third-order valence-corrected chi connectivity index (χ3v) is 5.61. The number of pyridine rings is 1. The number of fused-ring (bicyclic) bond motifs is 2. The molecule has 0 unspecified atom stereocenters. The Bertz CT molecular complexity index is 1400. The van der Waals surface area contributed by atoms with Crippen LogP contribution in [0.4, 0.5) is 0 Å². The molecule has 0 spiro atoms. The Morgan fingerprint density at radius 3 is 2.64 bits per heavy atom. The van der Waals surface area contributed by atoms with Crippen LogP contribution in [0.2, 0.25) is 0 Å². The first-order valence-corrected chi connectivity index (χ1v) is 9.64. The van der Waals surface area contributed by atoms with E-state index in [-0.39, 0.29) is 5.56 Å². The second-order valence-corrected chi connectivity index (χ2v) is 7.41. The fourth-order valence-electron chi connectivity index (χ4n) is 3.51. The highest BCUT2D eigenvalue weighted by atomic mass is 79.9. The summed E-state index contributed by atoms with van der Waals surface area (Å²) in [7, 11) is 0. The molecule has 5 rings (SSSR count). The van der Waals surface area contributed by atoms with Crippen LogP contribution in [-0.4, -0.2) is 19.6 Å². The van der Waals surface area contributed by atoms with Crippen molar-refractivity contribution in [3.8, 4) is 22.4 Å². The van der Waals surface area contributed by atoms with Crippen molar-refractivity contribution in [3.05, 3.63) is 87.4 Å². The van der Waals surface area contributed by atoms with Crippen molar-refractivity contribution in [3.63, 3.8) is 0 Å². The van der Waals surface area contributed by atoms with E-state index in [0.29, 0.717) is 16.9 Å². The molecule has 5 nitrogen and oxygen atoms in total. The molecule has 0 saturated heterocycles. The molecule has 0 fully saturated rings. The van der Waals surface area contributed by atoms with E-state index >= 15 is 0 Å². The number of H-pyrrole nitrogens is 1. The van der Waals surface area contributed by atoms with E-state index < -0.39 is 0 Å². The van der Waals surface area contributed by atoms with E-state index in [9.17, 15) is 4.79 Å². The van der Waals surface area contributed by atoms with Gasteiger partial charge in [-0.25, -0.2) is 4.98 Å². The van der Waals surface area contributed by atoms with Crippen LogP contribution in [0.1, 0.15) is 5.69 Å². The lowest BCUT2D eigenvalue weighted by molar-refractivity contribution is 0.896. The van der Waals surface area contributed by atoms with Crippen LogP contribution in [0.5, 0.6) is 0 Å². The standard InChI is InChI=1S/C22H15BrN4O/c1-13-18(16-9-10-17-15(12-16)8-5-11-24-17)22(28)27-21(25-13)19(23)20(26-27)14-6-3-2-4-7-14/h2-12,26H,1H3. The van der Waals surface area contributed by atoms with Crippen LogP contribution < -0.4 is 5.56 Å². The normalized spacial score (nSPS) is 11.4. The number of aromatic nitrogens is 4. The number of hydrogen-bond acceptors (Lipinski definition) is 3. The van der Waals surface area contributed by atoms with E-state index in [4.69, 9.17) is 4.98 Å². The molecule has 136 valence electrons. The van der Waals surface area contributed by atoms with Crippen LogP contribution in [0, 0.1) is 6.92 Å². The van der Waals surface area contributed by atoms with E-state index in [1.54, 1.807) is 6.20 Å². The molecule has 0 saturated carbocycles. The minimum atomic E-state index is -0.131. The number of nitrogens with zero attached hydrogens (tertiary/aromatic N) is 3. The van der Waals surface area contributed by atoms with Gasteiger partial charge in [0.05, 0.1) is 26.9 Å². The van der Waals surface area contributed by atoms with Gasteiger partial charge in [-0.1, -0.05) is 42.5 Å². The fraction of sp³-hybridized carbons (Fsp3) is 0.0455. The number of aromatic amines is 1. The maximum Gasteiger partial charge on any atom is 0.280 e. The third kappa shape index (κ3) is 2.57. The summed E-state index contributed by atoms with van der Waals surface area (Å²) in [6.45, 7) is 1.87. The minimum absolute atomic E-state index is 0.131. The molecule has 28 heavy (non-hydrogen) atoms. The largest absolute Gasteiger partial charge is 0.288 e. The predicted molar refractivity (Wildman–Crippen MR) is 114 cm³/mol. The molecule has 0 aliphatic heterocycles. The van der Waals surface area contributed by atoms with Gasteiger partial charge in [0.15, 0.2) is 5.65 Å². The van der Waals surface area contributed by atoms with Crippen molar-refractivity contribution in [2.45, 2.75) is 6.92 Å². The predicted octanol–water partition coefficient (Wildman–Crippen LogP) is 4.98. The number of rotatable bonds is 2. The zero-order chi connectivity index (χ0) is 19.3. The molecular formula is C22H15BrN4O. The molecule has 2 aromatic carbocycles. The molecule has 0 aliphatic carbocycles. The van der Waals surface area contributed by atoms with Crippen molar-refractivity contribution in [1.29, 1.82) is 0 Å². The zero-order valence-corrected chi connectivity index (χ0v) is 16.6. The van der Waals surface area contributed by atoms with Gasteiger partial charge in [-0.3, -0.25) is 14.9 Å². The molecule has 6 heteroatoms. The van der Waals surface area contributed by atoms with Crippen LogP contribution in [0.3, 0.4) is 0 Å². The van der Waals surface area contributed by atoms with Crippen molar-refractivity contribution in [2.24, 2.45) is 0 Å². The first-order valence-electron chi connectivity index (χ1n) is 8.85. The smallest absolute Gasteiger partial charge is 0.280 e. The molecule has 0 amide bonds. The van der Waals surface area contributed by atoms with E-state index in [1.165, 1.54) is 4.52 Å². The average molecular weight is 431 g/mol. The molecular weight excluding hydrogens is 416 g/mol. The average Bonchev–Trinajstić information content (AvgIpc) is 3.05. The Hall–Kier alpha value is -3.25. The van der Waals surface area contributed by atoms with Gasteiger partial charge in [0.25, 0.3) is 5.56 Å². The van der Waals surface area contributed by atoms with Gasteiger partial charge >= 0.3 is 0 Å². The Labute approximate surface area is 168 Å². The van der Waals surface area contributed by atoms with Gasteiger partial charge in [-0.2, -0.15) is 4.52 Å². The summed E-state index contributed by atoms with van der Waals surface area (Å²) in [5.41, 5.74) is 5.24. The van der Waals surface area contributed by atoms with Crippen molar-refractivity contribution in [2.75, 3.05) is 0 Å². The van der Waals surface area contributed by atoms with Gasteiger partial charge < -0.3 is 0 Å². The molecule has 3 heterocycles. The summed E-state index contributed by atoms with van der Waals surface area (Å²) < 4.78 is 2.27. The number of benzene rings is 2. The maximum atomic E-state index is 13.3. The number of hydrogen-bond donors (Lipinski definition) is 1. The SMILES string of the molecule is Cc1nc2c(Br)c(-c3ccccc3)[nH]n2c(=O)c1-c1ccc2ncccc2c1. The van der Waals surface area contributed by atoms with Crippen LogP contribution >= 0.6 is 15.9 Å². The number of aryl methyl sites for hydroxylation is 1. The van der Waals surface area contributed by atoms with Crippen molar-refractivity contribution >= 4 is 32.5 Å². The summed E-state index contributed by atoms with van der Waals surface area (Å²) in [5.74, 6) is 0. The second kappa shape index (κ2) is 6.42. The summed E-state index contributed by atoms with van der Waals surface area (Å²) in [5, 5.41) is 4.19. The molecule has 0 radical (unpaired) electrons. The lowest BCUT2D eigenvalue weighted by atomic mass is 10.0. The maximum absolute atomic E-state index is 13.3. The lowest BCUT2D eigenvalue weighted by Gasteiger charge is -2.07. The first kappa shape index (κ1) is 16.9. The number of nitrogens with one attached hydrogen (secondary N) is 1. The molecule has 0 atom stereocenters. The fourth-order valence-corrected chi connectivity index (χ4v) is 4.09. The monoisotopic (exact) mass is 430 g/mol. The third-order valence-electron chi connectivity index (χ3n) is 4.86. The van der Waals surface area contributed by atoms with Gasteiger partial charge in [0, 0.05) is 17.1 Å². The molecule has 3 aromatic heterocycles. The quantitative estimate of drug-likeness (QED) is 0.429. The Morgan fingerprint density at radius 2 is 1.82 bits per heavy atom. The molecule has 0 bridgehead atoms. The number of halogens is 1. The Kier molecular flexibility index (Phi) is 3.87. The lowest BCUT2D eigenvalue weighted by Crippen LogP contribution is -2.19. The van der Waals surface area contributed by atoms with Crippen LogP contribution in [0.25, 0.3) is 38.9 Å². The second-order valence-electron chi connectivity index (χ2n) is 6.61. The van der Waals surface area contributed by atoms with Crippen molar-refractivity contribution in [1.82, 2.24) is 19.6 Å². The van der Waals surface area contributed by atoms with E-state index in [1.807, 2.05) is 67.6 Å². The van der Waals surface area contributed by atoms with Gasteiger partial charge in [0.2, 0.25) is 0 Å². The van der Waals surface area contributed by atoms with Gasteiger partial charge in [0.1, 0.15) is 0 Å². The highest BCUT2D eigenvalue weighted by Gasteiger charge is 2.18. The molecule has 1 N–H and O–H groups in total. The zero-order valence-electron chi connectivity index (χ0n) is 15.0. The summed E-state index contributed by atoms with van der Waals surface area (Å²) in [6.07, 6.45) is 1.76. The summed E-state index contributed by atoms with van der Waals surface area (Å²) >= 11 is 3.61. The Balaban J connectivity index is 1.77. The van der Waals surface area contributed by atoms with Crippen LogP contribution in [-0.2, 0) is 0 Å². The minimum Gasteiger partial charge on any atom is -0.288 e. The van der Waals surface area contributed by atoms with Crippen LogP contribution in [0.15, 0.2) is 76.1 Å². The molecule has 5 aromatic rings. The molecule has 0 aliphatic rings. The first-order chi connectivity index (χ1) is 13.6. The summed E-state index contributed by atoms with van der Waals surface area (Å²) in [6, 6.07) is 19.6. The highest BCUT2D eigenvalue weighted by molar-refractivity contribution is 9.10. The van der Waals surface area contributed by atoms with Gasteiger partial charge in [-0.15, -0.1) is 0 Å². The van der Waals surface area contributed by atoms with E-state index in [2.05, 4.69) is 26.0 Å². The Morgan fingerprint density at radius 1 is 1.00 bits per heavy atom.